The van der Waals surface area contributed by atoms with Gasteiger partial charge in [-0.25, -0.2) is 9.59 Å². The van der Waals surface area contributed by atoms with Crippen molar-refractivity contribution in [2.24, 2.45) is 11.3 Å². The molecule has 0 aromatic heterocycles. The third-order valence-corrected chi connectivity index (χ3v) is 5.41. The Morgan fingerprint density at radius 1 is 1.17 bits per heavy atom. The number of nitrogens with one attached hydrogen (secondary N) is 2. The van der Waals surface area contributed by atoms with Crippen LogP contribution in [0.25, 0.3) is 0 Å². The Morgan fingerprint density at radius 3 is 2.17 bits per heavy atom. The number of halogens is 3. The van der Waals surface area contributed by atoms with E-state index in [2.05, 4.69) is 10.6 Å². The van der Waals surface area contributed by atoms with Gasteiger partial charge in [0.2, 0.25) is 0 Å². The fraction of sp³-hybridized carbons (Fsp3) is 0.526. The van der Waals surface area contributed by atoms with Crippen LogP contribution < -0.4 is 10.6 Å². The highest BCUT2D eigenvalue weighted by atomic mass is 19.4. The third-order valence-electron chi connectivity index (χ3n) is 5.41. The minimum atomic E-state index is -5.08. The Kier molecular flexibility index (Phi) is 6.96. The molecule has 8 nitrogen and oxygen atoms in total. The normalized spacial score (nSPS) is 25.9. The molecule has 2 aliphatic rings. The van der Waals surface area contributed by atoms with Gasteiger partial charge >= 0.3 is 24.1 Å². The summed E-state index contributed by atoms with van der Waals surface area (Å²) in [5.74, 6) is -3.45. The van der Waals surface area contributed by atoms with Crippen LogP contribution in [0.5, 0.6) is 0 Å². The molecule has 3 rings (SSSR count). The van der Waals surface area contributed by atoms with Gasteiger partial charge in [-0.05, 0) is 31.2 Å². The summed E-state index contributed by atoms with van der Waals surface area (Å²) in [4.78, 5) is 31.9. The molecule has 30 heavy (non-hydrogen) atoms. The summed E-state index contributed by atoms with van der Waals surface area (Å²) in [5.41, 5.74) is 0.438. The number of aliphatic hydroxyl groups is 1. The van der Waals surface area contributed by atoms with E-state index < -0.39 is 35.7 Å². The lowest BCUT2D eigenvalue weighted by atomic mass is 9.80. The van der Waals surface area contributed by atoms with Crippen LogP contribution in [0, 0.1) is 11.3 Å². The lowest BCUT2D eigenvalue weighted by molar-refractivity contribution is -0.192. The summed E-state index contributed by atoms with van der Waals surface area (Å²) in [6, 6.07) is 8.80. The second kappa shape index (κ2) is 8.90. The molecule has 2 aliphatic carbocycles. The maximum absolute atomic E-state index is 12.0. The molecule has 2 fully saturated rings. The molecule has 0 heterocycles. The zero-order chi connectivity index (χ0) is 22.7. The van der Waals surface area contributed by atoms with Gasteiger partial charge in [-0.1, -0.05) is 30.3 Å². The van der Waals surface area contributed by atoms with Crippen molar-refractivity contribution >= 4 is 18.0 Å². The Balaban J connectivity index is 0.000000396. The number of amides is 2. The number of carboxylic acid groups (broad SMARTS) is 2. The van der Waals surface area contributed by atoms with E-state index in [0.29, 0.717) is 19.3 Å². The summed E-state index contributed by atoms with van der Waals surface area (Å²) in [7, 11) is 0. The van der Waals surface area contributed by atoms with Crippen molar-refractivity contribution in [2.75, 3.05) is 0 Å². The van der Waals surface area contributed by atoms with Crippen molar-refractivity contribution in [1.82, 2.24) is 10.6 Å². The number of alkyl halides is 3. The van der Waals surface area contributed by atoms with Gasteiger partial charge in [-0.15, -0.1) is 0 Å². The molecule has 166 valence electrons. The van der Waals surface area contributed by atoms with Crippen LogP contribution in [0.15, 0.2) is 30.3 Å². The summed E-state index contributed by atoms with van der Waals surface area (Å²) >= 11 is 0. The number of hydrogen-bond donors (Lipinski definition) is 5. The van der Waals surface area contributed by atoms with Gasteiger partial charge in [-0.3, -0.25) is 4.79 Å². The smallest absolute Gasteiger partial charge is 0.481 e. The highest BCUT2D eigenvalue weighted by molar-refractivity contribution is 5.82. The van der Waals surface area contributed by atoms with E-state index in [1.165, 1.54) is 0 Å². The first-order valence-electron chi connectivity index (χ1n) is 9.19. The molecule has 0 spiro atoms. The zero-order valence-corrected chi connectivity index (χ0v) is 16.0. The molecule has 5 atom stereocenters. The van der Waals surface area contributed by atoms with Crippen molar-refractivity contribution in [3.63, 3.8) is 0 Å². The van der Waals surface area contributed by atoms with Gasteiger partial charge in [0.25, 0.3) is 0 Å². The molecule has 1 aromatic carbocycles. The van der Waals surface area contributed by atoms with Gasteiger partial charge in [0.15, 0.2) is 0 Å². The number of fused-ring (bicyclic) bond motifs is 1. The largest absolute Gasteiger partial charge is 0.490 e. The molecular formula is C19H23F3N2O6. The average Bonchev–Trinajstić information content (AvgIpc) is 3.26. The standard InChI is InChI=1S/C17H22N2O4.C2HF3O2/c1-10(14(20)7-11-5-3-2-4-6-11)18-16(23)19-13-9-17(15(21)22)8-12(13)17;3-2(4,5)1(6)7/h2-6,10,12-14,20H,7-9H2,1H3,(H,21,22)(H2,18,19,23);(H,6,7)/t10?,12-,13-,14?,17-;/m1./s1. The van der Waals surface area contributed by atoms with Gasteiger partial charge in [0.1, 0.15) is 0 Å². The van der Waals surface area contributed by atoms with Gasteiger partial charge in [0.05, 0.1) is 17.6 Å². The Bertz CT molecular complexity index is 788. The summed E-state index contributed by atoms with van der Waals surface area (Å²) in [6.07, 6.45) is -4.14. The molecule has 0 aliphatic heterocycles. The molecular weight excluding hydrogens is 409 g/mol. The quantitative estimate of drug-likeness (QED) is 0.465. The number of hydrogen-bond acceptors (Lipinski definition) is 4. The molecule has 0 saturated heterocycles. The number of urea groups is 1. The number of carbonyl (C=O) groups excluding carboxylic acids is 1. The zero-order valence-electron chi connectivity index (χ0n) is 16.0. The average molecular weight is 432 g/mol. The number of aliphatic hydroxyl groups excluding tert-OH is 1. The summed E-state index contributed by atoms with van der Waals surface area (Å²) in [5, 5.41) is 31.9. The lowest BCUT2D eigenvalue weighted by Crippen LogP contribution is -2.54. The molecule has 0 radical (unpaired) electrons. The highest BCUT2D eigenvalue weighted by Crippen LogP contribution is 2.67. The minimum Gasteiger partial charge on any atom is -0.481 e. The number of carbonyl (C=O) groups is 3. The third kappa shape index (κ3) is 5.62. The fourth-order valence-electron chi connectivity index (χ4n) is 3.50. The molecule has 2 saturated carbocycles. The second-order valence-corrected chi connectivity index (χ2v) is 7.55. The predicted molar refractivity (Wildman–Crippen MR) is 97.6 cm³/mol. The Hall–Kier alpha value is -2.82. The first kappa shape index (κ1) is 23.5. The molecule has 2 amide bonds. The second-order valence-electron chi connectivity index (χ2n) is 7.55. The van der Waals surface area contributed by atoms with E-state index in [4.69, 9.17) is 15.0 Å². The molecule has 1 aromatic rings. The van der Waals surface area contributed by atoms with Crippen LogP contribution in [0.1, 0.15) is 25.3 Å². The van der Waals surface area contributed by atoms with Crippen LogP contribution in [0.3, 0.4) is 0 Å². The predicted octanol–water partition coefficient (Wildman–Crippen LogP) is 1.77. The Morgan fingerprint density at radius 2 is 1.73 bits per heavy atom. The van der Waals surface area contributed by atoms with Crippen LogP contribution in [-0.2, 0) is 16.0 Å². The van der Waals surface area contributed by atoms with Crippen molar-refractivity contribution in [2.45, 2.75) is 50.6 Å². The fourth-order valence-corrected chi connectivity index (χ4v) is 3.50. The first-order valence-corrected chi connectivity index (χ1v) is 9.19. The van der Waals surface area contributed by atoms with Gasteiger partial charge < -0.3 is 26.0 Å². The van der Waals surface area contributed by atoms with Crippen molar-refractivity contribution in [1.29, 1.82) is 0 Å². The van der Waals surface area contributed by atoms with Crippen molar-refractivity contribution in [3.05, 3.63) is 35.9 Å². The van der Waals surface area contributed by atoms with E-state index >= 15 is 0 Å². The van der Waals surface area contributed by atoms with E-state index in [1.807, 2.05) is 30.3 Å². The SMILES string of the molecule is CC(NC(=O)N[C@@H]1C[C@]2(C(=O)O)C[C@H]12)C(O)Cc1ccccc1.O=C(O)C(F)(F)F. The first-order chi connectivity index (χ1) is 13.9. The molecule has 5 N–H and O–H groups in total. The molecule has 2 unspecified atom stereocenters. The summed E-state index contributed by atoms with van der Waals surface area (Å²) in [6.45, 7) is 1.76. The number of carboxylic acids is 2. The number of benzene rings is 1. The molecule has 0 bridgehead atoms. The van der Waals surface area contributed by atoms with E-state index in [1.54, 1.807) is 6.92 Å². The van der Waals surface area contributed by atoms with Crippen molar-refractivity contribution in [3.8, 4) is 0 Å². The maximum atomic E-state index is 12.0. The number of rotatable bonds is 6. The topological polar surface area (TPSA) is 136 Å². The lowest BCUT2D eigenvalue weighted by Gasteiger charge is -2.32. The van der Waals surface area contributed by atoms with E-state index in [9.17, 15) is 27.9 Å². The summed E-state index contributed by atoms with van der Waals surface area (Å²) < 4.78 is 31.7. The molecule has 11 heteroatoms. The van der Waals surface area contributed by atoms with Crippen molar-refractivity contribution < 1.29 is 42.9 Å². The number of aliphatic carboxylic acids is 2. The monoisotopic (exact) mass is 432 g/mol. The minimum absolute atomic E-state index is 0.0651. The van der Waals surface area contributed by atoms with E-state index in [-0.39, 0.29) is 18.0 Å². The van der Waals surface area contributed by atoms with Crippen LogP contribution in [0.4, 0.5) is 18.0 Å². The maximum Gasteiger partial charge on any atom is 0.490 e. The van der Waals surface area contributed by atoms with Crippen LogP contribution >= 0.6 is 0 Å². The van der Waals surface area contributed by atoms with Crippen LogP contribution in [0.2, 0.25) is 0 Å². The van der Waals surface area contributed by atoms with Crippen LogP contribution in [-0.4, -0.2) is 57.7 Å². The highest BCUT2D eigenvalue weighted by Gasteiger charge is 2.72. The Labute approximate surface area is 170 Å². The van der Waals surface area contributed by atoms with Gasteiger partial charge in [-0.2, -0.15) is 13.2 Å². The van der Waals surface area contributed by atoms with E-state index in [0.717, 1.165) is 5.56 Å². The van der Waals surface area contributed by atoms with Gasteiger partial charge in [0, 0.05) is 12.5 Å².